The van der Waals surface area contributed by atoms with Gasteiger partial charge >= 0.3 is 0 Å². The number of fused-ring (bicyclic) bond motifs is 1. The fraction of sp³-hybridized carbons (Fsp3) is 0.542. The molecule has 0 aliphatic carbocycles. The van der Waals surface area contributed by atoms with Gasteiger partial charge in [-0.2, -0.15) is 5.10 Å². The number of hydrogen-bond acceptors (Lipinski definition) is 4. The molecule has 1 aliphatic heterocycles. The van der Waals surface area contributed by atoms with E-state index in [1.54, 1.807) is 21.3 Å². The van der Waals surface area contributed by atoms with Crippen molar-refractivity contribution in [1.82, 2.24) is 15.1 Å². The third kappa shape index (κ3) is 4.66. The van der Waals surface area contributed by atoms with Crippen molar-refractivity contribution in [2.75, 3.05) is 17.7 Å². The van der Waals surface area contributed by atoms with Gasteiger partial charge < -0.3 is 5.32 Å². The minimum Gasteiger partial charge on any atom is -0.354 e. The zero-order valence-corrected chi connectivity index (χ0v) is 20.5. The van der Waals surface area contributed by atoms with Crippen LogP contribution in [0.2, 0.25) is 0 Å². The highest BCUT2D eigenvalue weighted by Gasteiger charge is 2.49. The van der Waals surface area contributed by atoms with Gasteiger partial charge in [-0.25, -0.2) is 0 Å². The molecule has 3 rings (SSSR count). The molecule has 1 atom stereocenters. The maximum Gasteiger partial charge on any atom is 0.277 e. The highest BCUT2D eigenvalue weighted by Crippen LogP contribution is 2.35. The largest absolute Gasteiger partial charge is 0.354 e. The van der Waals surface area contributed by atoms with Crippen LogP contribution >= 0.6 is 11.8 Å². The predicted octanol–water partition coefficient (Wildman–Crippen LogP) is 4.48. The van der Waals surface area contributed by atoms with Crippen LogP contribution in [0.25, 0.3) is 0 Å². The number of nitrogens with zero attached hydrogens (tertiary/aromatic N) is 3. The zero-order valence-electron chi connectivity index (χ0n) is 19.7. The summed E-state index contributed by atoms with van der Waals surface area (Å²) in [6.45, 7) is 13.2. The van der Waals surface area contributed by atoms with E-state index in [0.29, 0.717) is 24.7 Å². The summed E-state index contributed by atoms with van der Waals surface area (Å²) in [7, 11) is 0. The summed E-state index contributed by atoms with van der Waals surface area (Å²) in [6, 6.07) is 9.67. The Bertz CT molecular complexity index is 976. The number of carbonyl (C=O) groups excluding carboxylic acids is 2. The first-order valence-electron chi connectivity index (χ1n) is 10.8. The average molecular weight is 443 g/mol. The number of carbonyl (C=O) groups is 2. The van der Waals surface area contributed by atoms with Crippen molar-refractivity contribution >= 4 is 29.3 Å². The zero-order chi connectivity index (χ0) is 23.0. The molecule has 6 nitrogen and oxygen atoms in total. The smallest absolute Gasteiger partial charge is 0.277 e. The van der Waals surface area contributed by atoms with Crippen LogP contribution in [0, 0.1) is 5.92 Å². The quantitative estimate of drug-likeness (QED) is 0.670. The first-order chi connectivity index (χ1) is 14.5. The number of rotatable bonds is 6. The molecule has 1 aliphatic rings. The molecule has 0 unspecified atom stereocenters. The van der Waals surface area contributed by atoms with E-state index in [0.717, 1.165) is 22.7 Å². The van der Waals surface area contributed by atoms with Crippen LogP contribution in [-0.4, -0.2) is 39.9 Å². The fourth-order valence-electron chi connectivity index (χ4n) is 3.77. The highest BCUT2D eigenvalue weighted by molar-refractivity contribution is 7.98. The fourth-order valence-corrected chi connectivity index (χ4v) is 4.22. The summed E-state index contributed by atoms with van der Waals surface area (Å²) in [5.41, 5.74) is 0.817. The second kappa shape index (κ2) is 8.69. The molecule has 1 aromatic heterocycles. The van der Waals surface area contributed by atoms with Gasteiger partial charge in [0.25, 0.3) is 5.91 Å². The normalized spacial score (nSPS) is 19.0. The van der Waals surface area contributed by atoms with Crippen molar-refractivity contribution in [3.05, 3.63) is 41.7 Å². The van der Waals surface area contributed by atoms with Gasteiger partial charge in [0.05, 0.1) is 12.2 Å². The van der Waals surface area contributed by atoms with Crippen LogP contribution in [-0.2, 0) is 16.8 Å². The standard InChI is InChI=1S/C24H34N4O2S/c1-16(2)11-12-25-22(30)24(6)15-27-19(14-20(26-27)23(3,4)5)21(29)28(24)17-9-8-10-18(13-17)31-7/h8-10,13-14,16H,11-12,15H2,1-7H3,(H,25,30)/t24-/m0/s1. The third-order valence-electron chi connectivity index (χ3n) is 5.73. The van der Waals surface area contributed by atoms with Crippen molar-refractivity contribution in [2.45, 2.75) is 70.4 Å². The molecular formula is C24H34N4O2S. The molecule has 7 heteroatoms. The molecule has 1 aromatic carbocycles. The maximum atomic E-state index is 13.7. The van der Waals surface area contributed by atoms with Crippen LogP contribution in [0.5, 0.6) is 0 Å². The molecule has 0 saturated carbocycles. The topological polar surface area (TPSA) is 67.2 Å². The Labute approximate surface area is 189 Å². The molecule has 0 fully saturated rings. The number of nitrogens with one attached hydrogen (secondary N) is 1. The first kappa shape index (κ1) is 23.4. The summed E-state index contributed by atoms with van der Waals surface area (Å²) in [5, 5.41) is 7.77. The molecule has 0 bridgehead atoms. The maximum absolute atomic E-state index is 13.7. The molecule has 0 saturated heterocycles. The van der Waals surface area contributed by atoms with Crippen molar-refractivity contribution in [3.8, 4) is 0 Å². The van der Waals surface area contributed by atoms with Gasteiger partial charge in [0.1, 0.15) is 11.2 Å². The van der Waals surface area contributed by atoms with Gasteiger partial charge in [-0.15, -0.1) is 11.8 Å². The Morgan fingerprint density at radius 2 is 2.00 bits per heavy atom. The number of aromatic nitrogens is 2. The predicted molar refractivity (Wildman–Crippen MR) is 127 cm³/mol. The van der Waals surface area contributed by atoms with Gasteiger partial charge in [-0.05, 0) is 49.8 Å². The lowest BCUT2D eigenvalue weighted by molar-refractivity contribution is -0.126. The number of thioether (sulfide) groups is 1. The van der Waals surface area contributed by atoms with E-state index < -0.39 is 5.54 Å². The van der Waals surface area contributed by atoms with Crippen LogP contribution in [0.15, 0.2) is 35.2 Å². The lowest BCUT2D eigenvalue weighted by Gasteiger charge is -2.43. The average Bonchev–Trinajstić information content (AvgIpc) is 3.12. The van der Waals surface area contributed by atoms with Gasteiger partial charge in [-0.3, -0.25) is 19.2 Å². The number of amides is 2. The van der Waals surface area contributed by atoms with E-state index in [4.69, 9.17) is 5.10 Å². The van der Waals surface area contributed by atoms with Crippen molar-refractivity contribution in [1.29, 1.82) is 0 Å². The lowest BCUT2D eigenvalue weighted by atomic mass is 9.91. The highest BCUT2D eigenvalue weighted by atomic mass is 32.2. The van der Waals surface area contributed by atoms with E-state index >= 15 is 0 Å². The van der Waals surface area contributed by atoms with Crippen LogP contribution in [0.4, 0.5) is 5.69 Å². The number of benzene rings is 1. The van der Waals surface area contributed by atoms with E-state index in [1.165, 1.54) is 0 Å². The number of anilines is 1. The Kier molecular flexibility index (Phi) is 6.56. The van der Waals surface area contributed by atoms with Gasteiger partial charge in [0.2, 0.25) is 5.91 Å². The van der Waals surface area contributed by atoms with Gasteiger partial charge in [0.15, 0.2) is 0 Å². The van der Waals surface area contributed by atoms with Gasteiger partial charge in [0, 0.05) is 22.5 Å². The first-order valence-corrected chi connectivity index (χ1v) is 12.0. The monoisotopic (exact) mass is 442 g/mol. The van der Waals surface area contributed by atoms with Crippen LogP contribution < -0.4 is 10.2 Å². The SMILES string of the molecule is CSc1cccc(N2C(=O)c3cc(C(C)(C)C)nn3C[C@@]2(C)C(=O)NCCC(C)C)c1. The summed E-state index contributed by atoms with van der Waals surface area (Å²) in [5.74, 6) is 0.131. The Hall–Kier alpha value is -2.28. The lowest BCUT2D eigenvalue weighted by Crippen LogP contribution is -2.64. The Morgan fingerprint density at radius 1 is 1.29 bits per heavy atom. The molecule has 2 heterocycles. The van der Waals surface area contributed by atoms with Crippen LogP contribution in [0.1, 0.15) is 64.1 Å². The van der Waals surface area contributed by atoms with Crippen molar-refractivity contribution < 1.29 is 9.59 Å². The molecule has 168 valence electrons. The van der Waals surface area contributed by atoms with E-state index in [9.17, 15) is 9.59 Å². The van der Waals surface area contributed by atoms with E-state index in [2.05, 4.69) is 39.9 Å². The minimum absolute atomic E-state index is 0.158. The third-order valence-corrected chi connectivity index (χ3v) is 6.46. The molecule has 2 amide bonds. The van der Waals surface area contributed by atoms with E-state index in [1.807, 2.05) is 43.5 Å². The molecule has 31 heavy (non-hydrogen) atoms. The molecule has 0 radical (unpaired) electrons. The Morgan fingerprint density at radius 3 is 2.61 bits per heavy atom. The molecule has 2 aromatic rings. The summed E-state index contributed by atoms with van der Waals surface area (Å²) in [4.78, 5) is 29.9. The molecular weight excluding hydrogens is 408 g/mol. The van der Waals surface area contributed by atoms with Crippen LogP contribution in [0.3, 0.4) is 0 Å². The minimum atomic E-state index is -1.08. The summed E-state index contributed by atoms with van der Waals surface area (Å²) < 4.78 is 1.71. The summed E-state index contributed by atoms with van der Waals surface area (Å²) in [6.07, 6.45) is 2.89. The molecule has 0 spiro atoms. The van der Waals surface area contributed by atoms with Crippen molar-refractivity contribution in [3.63, 3.8) is 0 Å². The Balaban J connectivity index is 2.07. The van der Waals surface area contributed by atoms with Gasteiger partial charge in [-0.1, -0.05) is 40.7 Å². The summed E-state index contributed by atoms with van der Waals surface area (Å²) >= 11 is 1.61. The second-order valence-corrected chi connectivity index (χ2v) is 10.8. The van der Waals surface area contributed by atoms with Crippen molar-refractivity contribution in [2.24, 2.45) is 5.92 Å². The number of hydrogen-bond donors (Lipinski definition) is 1. The second-order valence-electron chi connectivity index (χ2n) is 9.88. The van der Waals surface area contributed by atoms with E-state index in [-0.39, 0.29) is 17.2 Å². The molecule has 1 N–H and O–H groups in total.